The zero-order valence-electron chi connectivity index (χ0n) is 23.2. The van der Waals surface area contributed by atoms with Crippen molar-refractivity contribution < 1.29 is 24.2 Å². The Morgan fingerprint density at radius 2 is 1.77 bits per heavy atom. The van der Waals surface area contributed by atoms with Crippen LogP contribution in [0.2, 0.25) is 0 Å². The number of fused-ring (bicyclic) bond motifs is 2. The number of carbonyl (C=O) groups is 2. The lowest BCUT2D eigenvalue weighted by molar-refractivity contribution is -0.127. The average molecular weight is 543 g/mol. The van der Waals surface area contributed by atoms with Crippen LogP contribution in [0.3, 0.4) is 0 Å². The summed E-state index contributed by atoms with van der Waals surface area (Å²) in [7, 11) is 1.68. The zero-order chi connectivity index (χ0) is 28.4. The van der Waals surface area contributed by atoms with E-state index < -0.39 is 6.04 Å². The first kappa shape index (κ1) is 27.2. The van der Waals surface area contributed by atoms with Gasteiger partial charge in [-0.15, -0.1) is 0 Å². The Balaban J connectivity index is 1.43. The predicted octanol–water partition coefficient (Wildman–Crippen LogP) is 3.62. The molecule has 0 radical (unpaired) electrons. The van der Waals surface area contributed by atoms with Crippen molar-refractivity contribution in [1.29, 1.82) is 0 Å². The van der Waals surface area contributed by atoms with Crippen LogP contribution in [0, 0.1) is 20.8 Å². The van der Waals surface area contributed by atoms with Gasteiger partial charge in [0.05, 0.1) is 5.52 Å². The molecule has 1 atom stereocenters. The molecule has 2 amide bonds. The molecule has 2 aromatic heterocycles. The molecule has 2 N–H and O–H groups in total. The van der Waals surface area contributed by atoms with E-state index in [9.17, 15) is 14.7 Å². The molecule has 1 aliphatic heterocycles. The van der Waals surface area contributed by atoms with Gasteiger partial charge in [0.15, 0.2) is 11.5 Å². The number of rotatable bonds is 9. The number of amides is 2. The molecule has 40 heavy (non-hydrogen) atoms. The van der Waals surface area contributed by atoms with Crippen molar-refractivity contribution in [3.05, 3.63) is 82.8 Å². The topological polar surface area (TPSA) is 106 Å². The van der Waals surface area contributed by atoms with E-state index in [1.165, 1.54) is 4.90 Å². The number of ether oxygens (including phenoxy) is 2. The van der Waals surface area contributed by atoms with Crippen molar-refractivity contribution in [2.24, 2.45) is 0 Å². The summed E-state index contributed by atoms with van der Waals surface area (Å²) in [5.41, 5.74) is 6.62. The number of nitrogens with one attached hydrogen (secondary N) is 1. The first-order chi connectivity index (χ1) is 19.3. The molecule has 3 heterocycles. The number of aliphatic hydroxyl groups excluding tert-OH is 1. The highest BCUT2D eigenvalue weighted by Crippen LogP contribution is 2.35. The first-order valence-electron chi connectivity index (χ1n) is 13.3. The fourth-order valence-corrected chi connectivity index (χ4v) is 5.44. The Hall–Kier alpha value is -4.37. The molecule has 0 fully saturated rings. The summed E-state index contributed by atoms with van der Waals surface area (Å²) in [5, 5.41) is 13.8. The molecule has 208 valence electrons. The standard InChI is InChI=1S/C31H34N4O5/c1-19-5-6-20(2)30-29(19)24(11-14-36)21(3)35(30)17-28(37)33-25(15-22-9-12-32-13-10-22)31(38)34(4)23-7-8-26-27(16-23)40-18-39-26/h5-10,12-13,16,25,36H,11,14-15,17-18H2,1-4H3,(H,33,37). The number of nitrogens with zero attached hydrogens (tertiary/aromatic N) is 3. The highest BCUT2D eigenvalue weighted by atomic mass is 16.7. The lowest BCUT2D eigenvalue weighted by atomic mass is 10.0. The third kappa shape index (κ3) is 5.24. The van der Waals surface area contributed by atoms with Gasteiger partial charge >= 0.3 is 0 Å². The molecular weight excluding hydrogens is 508 g/mol. The Bertz CT molecular complexity index is 1560. The van der Waals surface area contributed by atoms with Crippen LogP contribution < -0.4 is 19.7 Å². The summed E-state index contributed by atoms with van der Waals surface area (Å²) in [6, 6.07) is 12.3. The highest BCUT2D eigenvalue weighted by molar-refractivity contribution is 5.99. The van der Waals surface area contributed by atoms with Crippen molar-refractivity contribution in [3.63, 3.8) is 0 Å². The van der Waals surface area contributed by atoms with Gasteiger partial charge < -0.3 is 29.4 Å². The molecule has 5 rings (SSSR count). The lowest BCUT2D eigenvalue weighted by Gasteiger charge is -2.25. The van der Waals surface area contributed by atoms with Crippen molar-refractivity contribution in [2.75, 3.05) is 25.3 Å². The molecule has 9 nitrogen and oxygen atoms in total. The second kappa shape index (κ2) is 11.4. The van der Waals surface area contributed by atoms with E-state index in [0.717, 1.165) is 38.9 Å². The lowest BCUT2D eigenvalue weighted by Crippen LogP contribution is -2.49. The second-order valence-electron chi connectivity index (χ2n) is 10.2. The predicted molar refractivity (Wildman–Crippen MR) is 153 cm³/mol. The van der Waals surface area contributed by atoms with Gasteiger partial charge in [0.1, 0.15) is 12.6 Å². The van der Waals surface area contributed by atoms with E-state index in [1.807, 2.05) is 43.5 Å². The minimum absolute atomic E-state index is 0.0221. The molecule has 0 saturated heterocycles. The Morgan fingerprint density at radius 1 is 1.05 bits per heavy atom. The van der Waals surface area contributed by atoms with E-state index in [4.69, 9.17) is 9.47 Å². The van der Waals surface area contributed by atoms with Crippen molar-refractivity contribution >= 4 is 28.4 Å². The van der Waals surface area contributed by atoms with Crippen LogP contribution in [0.5, 0.6) is 11.5 Å². The molecule has 9 heteroatoms. The van der Waals surface area contributed by atoms with Crippen LogP contribution in [-0.2, 0) is 29.0 Å². The zero-order valence-corrected chi connectivity index (χ0v) is 23.2. The monoisotopic (exact) mass is 542 g/mol. The molecule has 1 unspecified atom stereocenters. The van der Waals surface area contributed by atoms with Crippen LogP contribution in [0.25, 0.3) is 10.9 Å². The Labute approximate surface area is 233 Å². The van der Waals surface area contributed by atoms with E-state index in [-0.39, 0.29) is 31.8 Å². The summed E-state index contributed by atoms with van der Waals surface area (Å²) in [4.78, 5) is 33.0. The normalized spacial score (nSPS) is 12.9. The number of hydrogen-bond acceptors (Lipinski definition) is 6. The van der Waals surface area contributed by atoms with Crippen molar-refractivity contribution in [3.8, 4) is 11.5 Å². The Kier molecular flexibility index (Phi) is 7.75. The quantitative estimate of drug-likeness (QED) is 0.335. The van der Waals surface area contributed by atoms with Crippen LogP contribution in [-0.4, -0.2) is 53.0 Å². The molecular formula is C31H34N4O5. The molecule has 0 saturated carbocycles. The summed E-state index contributed by atoms with van der Waals surface area (Å²) < 4.78 is 12.9. The summed E-state index contributed by atoms with van der Waals surface area (Å²) in [6.07, 6.45) is 4.15. The van der Waals surface area contributed by atoms with Crippen LogP contribution in [0.4, 0.5) is 5.69 Å². The summed E-state index contributed by atoms with van der Waals surface area (Å²) in [5.74, 6) is 0.673. The smallest absolute Gasteiger partial charge is 0.249 e. The van der Waals surface area contributed by atoms with E-state index in [2.05, 4.69) is 16.4 Å². The number of likely N-dealkylation sites (N-methyl/N-ethyl adjacent to an activating group) is 1. The van der Waals surface area contributed by atoms with Crippen molar-refractivity contribution in [2.45, 2.75) is 46.2 Å². The number of aryl methyl sites for hydroxylation is 2. The van der Waals surface area contributed by atoms with Gasteiger partial charge in [-0.25, -0.2) is 0 Å². The SMILES string of the molecule is Cc1ccc(C)c2c1c(CCO)c(C)n2CC(=O)NC(Cc1ccncc1)C(=O)N(C)c1ccc2c(c1)OCO2. The largest absolute Gasteiger partial charge is 0.454 e. The third-order valence-electron chi connectivity index (χ3n) is 7.56. The van der Waals surface area contributed by atoms with Crippen LogP contribution >= 0.6 is 0 Å². The summed E-state index contributed by atoms with van der Waals surface area (Å²) in [6.45, 7) is 6.25. The van der Waals surface area contributed by atoms with Gasteiger partial charge in [0.2, 0.25) is 18.6 Å². The average Bonchev–Trinajstić information content (AvgIpc) is 3.53. The number of anilines is 1. The molecule has 0 bridgehead atoms. The fourth-order valence-electron chi connectivity index (χ4n) is 5.44. The number of benzene rings is 2. The van der Waals surface area contributed by atoms with Gasteiger partial charge in [-0.1, -0.05) is 12.1 Å². The number of hydrogen-bond donors (Lipinski definition) is 2. The van der Waals surface area contributed by atoms with Gasteiger partial charge in [0.25, 0.3) is 0 Å². The maximum atomic E-state index is 13.8. The minimum Gasteiger partial charge on any atom is -0.454 e. The van der Waals surface area contributed by atoms with Gasteiger partial charge in [-0.2, -0.15) is 0 Å². The van der Waals surface area contributed by atoms with E-state index in [1.54, 1.807) is 37.6 Å². The van der Waals surface area contributed by atoms with Gasteiger partial charge in [0, 0.05) is 55.3 Å². The molecule has 0 spiro atoms. The molecule has 1 aliphatic rings. The third-order valence-corrected chi connectivity index (χ3v) is 7.56. The number of aliphatic hydroxyl groups is 1. The van der Waals surface area contributed by atoms with Crippen LogP contribution in [0.15, 0.2) is 54.9 Å². The van der Waals surface area contributed by atoms with Gasteiger partial charge in [-0.05, 0) is 73.7 Å². The summed E-state index contributed by atoms with van der Waals surface area (Å²) >= 11 is 0. The van der Waals surface area contributed by atoms with Crippen LogP contribution in [0.1, 0.15) is 27.9 Å². The van der Waals surface area contributed by atoms with E-state index >= 15 is 0 Å². The second-order valence-corrected chi connectivity index (χ2v) is 10.2. The number of aromatic nitrogens is 2. The highest BCUT2D eigenvalue weighted by Gasteiger charge is 2.27. The molecule has 0 aliphatic carbocycles. The van der Waals surface area contributed by atoms with E-state index in [0.29, 0.717) is 30.0 Å². The molecule has 4 aromatic rings. The maximum absolute atomic E-state index is 13.8. The fraction of sp³-hybridized carbons (Fsp3) is 0.323. The van der Waals surface area contributed by atoms with Gasteiger partial charge in [-0.3, -0.25) is 14.6 Å². The first-order valence-corrected chi connectivity index (χ1v) is 13.3. The Morgan fingerprint density at radius 3 is 2.52 bits per heavy atom. The number of pyridine rings is 1. The minimum atomic E-state index is -0.813. The molecule has 2 aromatic carbocycles. The van der Waals surface area contributed by atoms with Crippen molar-refractivity contribution in [1.82, 2.24) is 14.9 Å². The maximum Gasteiger partial charge on any atom is 0.249 e. The number of carbonyl (C=O) groups excluding carboxylic acids is 2.